The molecule has 3 aromatic rings. The monoisotopic (exact) mass is 339 g/mol. The lowest BCUT2D eigenvalue weighted by atomic mass is 10.2. The van der Waals surface area contributed by atoms with Crippen LogP contribution in [0.3, 0.4) is 0 Å². The van der Waals surface area contributed by atoms with E-state index in [1.807, 2.05) is 26.0 Å². The van der Waals surface area contributed by atoms with Crippen LogP contribution in [-0.2, 0) is 16.0 Å². The van der Waals surface area contributed by atoms with Crippen molar-refractivity contribution < 1.29 is 14.3 Å². The molecule has 0 aliphatic heterocycles. The Hall–Kier alpha value is -3.29. The number of aromatic nitrogens is 4. The van der Waals surface area contributed by atoms with Crippen LogP contribution in [0, 0.1) is 6.92 Å². The first kappa shape index (κ1) is 16.6. The number of nitrogens with zero attached hydrogens (tertiary/aromatic N) is 4. The zero-order valence-corrected chi connectivity index (χ0v) is 13.9. The number of aryl methyl sites for hydroxylation is 2. The van der Waals surface area contributed by atoms with Gasteiger partial charge in [-0.2, -0.15) is 10.1 Å². The average Bonchev–Trinajstić information content (AvgIpc) is 3.09. The molecule has 1 amide bonds. The van der Waals surface area contributed by atoms with Gasteiger partial charge in [-0.1, -0.05) is 24.6 Å². The van der Waals surface area contributed by atoms with Gasteiger partial charge in [-0.3, -0.25) is 4.79 Å². The van der Waals surface area contributed by atoms with Crippen molar-refractivity contribution in [2.45, 2.75) is 20.3 Å². The van der Waals surface area contributed by atoms with E-state index in [1.54, 1.807) is 12.1 Å². The molecule has 0 unspecified atom stereocenters. The predicted octanol–water partition coefficient (Wildman–Crippen LogP) is 1.79. The first-order valence-corrected chi connectivity index (χ1v) is 7.79. The largest absolute Gasteiger partial charge is 0.452 e. The molecule has 25 heavy (non-hydrogen) atoms. The van der Waals surface area contributed by atoms with E-state index in [4.69, 9.17) is 4.74 Å². The normalized spacial score (nSPS) is 10.6. The van der Waals surface area contributed by atoms with Crippen molar-refractivity contribution in [3.8, 4) is 0 Å². The lowest BCUT2D eigenvalue weighted by Crippen LogP contribution is -2.22. The van der Waals surface area contributed by atoms with Crippen molar-refractivity contribution in [3.63, 3.8) is 0 Å². The topological polar surface area (TPSA) is 98.5 Å². The van der Waals surface area contributed by atoms with Crippen LogP contribution >= 0.6 is 0 Å². The fourth-order valence-corrected chi connectivity index (χ4v) is 2.38. The summed E-state index contributed by atoms with van der Waals surface area (Å²) in [4.78, 5) is 32.3. The molecule has 128 valence electrons. The molecule has 0 atom stereocenters. The number of hydrogen-bond donors (Lipinski definition) is 1. The van der Waals surface area contributed by atoms with E-state index in [0.29, 0.717) is 23.6 Å². The number of hydrogen-bond acceptors (Lipinski definition) is 6. The molecule has 0 saturated heterocycles. The van der Waals surface area contributed by atoms with E-state index in [2.05, 4.69) is 20.4 Å². The maximum atomic E-state index is 12.3. The van der Waals surface area contributed by atoms with Crippen molar-refractivity contribution >= 4 is 23.3 Å². The molecule has 8 nitrogen and oxygen atoms in total. The zero-order valence-electron chi connectivity index (χ0n) is 13.9. The number of carbonyl (C=O) groups excluding carboxylic acids is 2. The maximum Gasteiger partial charge on any atom is 0.342 e. The third kappa shape index (κ3) is 3.63. The van der Waals surface area contributed by atoms with Crippen molar-refractivity contribution in [1.29, 1.82) is 0 Å². The standard InChI is InChI=1S/C17H17N5O3/c1-3-14-13(8-18-17-19-10-20-22(14)17)16(24)25-9-15(23)21-12-6-4-11(2)5-7-12/h4-8,10H,3,9H2,1-2H3,(H,21,23). The molecule has 0 saturated carbocycles. The number of nitrogens with one attached hydrogen (secondary N) is 1. The van der Waals surface area contributed by atoms with Gasteiger partial charge in [0.15, 0.2) is 6.61 Å². The Morgan fingerprint density at radius 3 is 2.68 bits per heavy atom. The Morgan fingerprint density at radius 1 is 1.20 bits per heavy atom. The molecule has 0 aliphatic rings. The number of amides is 1. The summed E-state index contributed by atoms with van der Waals surface area (Å²) in [6, 6.07) is 7.34. The van der Waals surface area contributed by atoms with Gasteiger partial charge < -0.3 is 10.1 Å². The second kappa shape index (κ2) is 7.08. The minimum atomic E-state index is -0.624. The fraction of sp³-hybridized carbons (Fsp3) is 0.235. The predicted molar refractivity (Wildman–Crippen MR) is 90.3 cm³/mol. The summed E-state index contributed by atoms with van der Waals surface area (Å²) in [6.45, 7) is 3.46. The summed E-state index contributed by atoms with van der Waals surface area (Å²) in [5.74, 6) is -0.628. The Kier molecular flexibility index (Phi) is 4.69. The van der Waals surface area contributed by atoms with Crippen LogP contribution in [0.25, 0.3) is 5.78 Å². The molecule has 1 aromatic carbocycles. The Bertz CT molecular complexity index is 918. The van der Waals surface area contributed by atoms with Gasteiger partial charge in [-0.25, -0.2) is 14.3 Å². The number of benzene rings is 1. The third-order valence-electron chi connectivity index (χ3n) is 3.63. The molecule has 3 rings (SSSR count). The van der Waals surface area contributed by atoms with Gasteiger partial charge in [0.25, 0.3) is 11.7 Å². The highest BCUT2D eigenvalue weighted by molar-refractivity contribution is 5.95. The summed E-state index contributed by atoms with van der Waals surface area (Å²) >= 11 is 0. The maximum absolute atomic E-state index is 12.3. The van der Waals surface area contributed by atoms with Crippen LogP contribution < -0.4 is 5.32 Å². The van der Waals surface area contributed by atoms with Gasteiger partial charge in [-0.05, 0) is 25.5 Å². The van der Waals surface area contributed by atoms with E-state index in [9.17, 15) is 9.59 Å². The number of esters is 1. The van der Waals surface area contributed by atoms with Crippen molar-refractivity contribution in [2.75, 3.05) is 11.9 Å². The highest BCUT2D eigenvalue weighted by Gasteiger charge is 2.18. The summed E-state index contributed by atoms with van der Waals surface area (Å²) in [5.41, 5.74) is 2.63. The molecule has 0 radical (unpaired) electrons. The summed E-state index contributed by atoms with van der Waals surface area (Å²) in [6.07, 6.45) is 3.30. The van der Waals surface area contributed by atoms with Gasteiger partial charge in [0.05, 0.1) is 11.3 Å². The third-order valence-corrected chi connectivity index (χ3v) is 3.63. The molecule has 1 N–H and O–H groups in total. The lowest BCUT2D eigenvalue weighted by molar-refractivity contribution is -0.119. The Morgan fingerprint density at radius 2 is 1.96 bits per heavy atom. The zero-order chi connectivity index (χ0) is 17.8. The number of carbonyl (C=O) groups is 2. The van der Waals surface area contributed by atoms with Crippen LogP contribution in [0.5, 0.6) is 0 Å². The summed E-state index contributed by atoms with van der Waals surface area (Å²) in [5, 5.41) is 6.72. The van der Waals surface area contributed by atoms with Gasteiger partial charge >= 0.3 is 5.97 Å². The second-order valence-electron chi connectivity index (χ2n) is 5.43. The van der Waals surface area contributed by atoms with E-state index in [0.717, 1.165) is 5.56 Å². The number of fused-ring (bicyclic) bond motifs is 1. The molecule has 2 aromatic heterocycles. The van der Waals surface area contributed by atoms with E-state index >= 15 is 0 Å². The van der Waals surface area contributed by atoms with Crippen molar-refractivity contribution in [3.05, 3.63) is 53.6 Å². The summed E-state index contributed by atoms with van der Waals surface area (Å²) in [7, 11) is 0. The number of anilines is 1. The van der Waals surface area contributed by atoms with Crippen LogP contribution in [0.1, 0.15) is 28.5 Å². The number of rotatable bonds is 5. The molecule has 0 bridgehead atoms. The number of ether oxygens (including phenoxy) is 1. The van der Waals surface area contributed by atoms with Gasteiger partial charge in [0, 0.05) is 11.9 Å². The Balaban J connectivity index is 1.66. The van der Waals surface area contributed by atoms with Crippen LogP contribution in [0.2, 0.25) is 0 Å². The average molecular weight is 339 g/mol. The van der Waals surface area contributed by atoms with Crippen LogP contribution in [0.4, 0.5) is 5.69 Å². The lowest BCUT2D eigenvalue weighted by Gasteiger charge is -2.09. The molecule has 2 heterocycles. The smallest absolute Gasteiger partial charge is 0.342 e. The van der Waals surface area contributed by atoms with Crippen molar-refractivity contribution in [1.82, 2.24) is 19.6 Å². The van der Waals surface area contributed by atoms with E-state index in [1.165, 1.54) is 17.0 Å². The van der Waals surface area contributed by atoms with Crippen molar-refractivity contribution in [2.24, 2.45) is 0 Å². The Labute approximate surface area is 143 Å². The molecule has 0 spiro atoms. The minimum Gasteiger partial charge on any atom is -0.452 e. The molecule has 0 fully saturated rings. The molecular weight excluding hydrogens is 322 g/mol. The molecule has 8 heteroatoms. The SMILES string of the molecule is CCc1c(C(=O)OCC(=O)Nc2ccc(C)cc2)cnc2ncnn12. The minimum absolute atomic E-state index is 0.267. The first-order chi connectivity index (χ1) is 12.1. The van der Waals surface area contributed by atoms with Crippen LogP contribution in [0.15, 0.2) is 36.8 Å². The fourth-order valence-electron chi connectivity index (χ4n) is 2.38. The highest BCUT2D eigenvalue weighted by atomic mass is 16.5. The van der Waals surface area contributed by atoms with E-state index in [-0.39, 0.29) is 12.2 Å². The highest BCUT2D eigenvalue weighted by Crippen LogP contribution is 2.12. The van der Waals surface area contributed by atoms with Gasteiger partial charge in [0.2, 0.25) is 0 Å². The van der Waals surface area contributed by atoms with Crippen LogP contribution in [-0.4, -0.2) is 38.1 Å². The second-order valence-corrected chi connectivity index (χ2v) is 5.43. The molecular formula is C17H17N5O3. The van der Waals surface area contributed by atoms with Gasteiger partial charge in [0.1, 0.15) is 6.33 Å². The quantitative estimate of drug-likeness (QED) is 0.712. The summed E-state index contributed by atoms with van der Waals surface area (Å²) < 4.78 is 6.59. The molecule has 0 aliphatic carbocycles. The van der Waals surface area contributed by atoms with E-state index < -0.39 is 11.9 Å². The van der Waals surface area contributed by atoms with Gasteiger partial charge in [-0.15, -0.1) is 0 Å². The first-order valence-electron chi connectivity index (χ1n) is 7.79.